The number of benzene rings is 1. The largest absolute Gasteiger partial charge is 0.314 e. The number of nitrogens with zero attached hydrogens (tertiary/aromatic N) is 1. The predicted octanol–water partition coefficient (Wildman–Crippen LogP) is 2.29. The lowest BCUT2D eigenvalue weighted by Gasteiger charge is -2.26. The molecule has 1 saturated heterocycles. The van der Waals surface area contributed by atoms with Crippen LogP contribution in [-0.2, 0) is 10.0 Å². The molecule has 0 aliphatic carbocycles. The van der Waals surface area contributed by atoms with Crippen LogP contribution >= 0.6 is 0 Å². The fourth-order valence-corrected chi connectivity index (χ4v) is 4.07. The van der Waals surface area contributed by atoms with Gasteiger partial charge in [-0.05, 0) is 50.4 Å². The van der Waals surface area contributed by atoms with Crippen molar-refractivity contribution in [3.8, 4) is 0 Å². The molecule has 2 rings (SSSR count). The quantitative estimate of drug-likeness (QED) is 0.907. The molecule has 1 aromatic carbocycles. The molecule has 1 fully saturated rings. The van der Waals surface area contributed by atoms with Crippen LogP contribution in [0.4, 0.5) is 4.39 Å². The zero-order valence-electron chi connectivity index (χ0n) is 12.6. The van der Waals surface area contributed by atoms with E-state index >= 15 is 0 Å². The van der Waals surface area contributed by atoms with Crippen LogP contribution in [0.1, 0.15) is 31.2 Å². The number of piperidine rings is 1. The first-order valence-corrected chi connectivity index (χ1v) is 8.81. The Morgan fingerprint density at radius 2 is 2.14 bits per heavy atom. The molecule has 1 aliphatic rings. The van der Waals surface area contributed by atoms with E-state index in [4.69, 9.17) is 0 Å². The molecule has 0 bridgehead atoms. The molecular formula is C15H23FN2O2S. The first-order valence-electron chi connectivity index (χ1n) is 7.37. The van der Waals surface area contributed by atoms with Gasteiger partial charge < -0.3 is 5.32 Å². The number of aryl methyl sites for hydroxylation is 1. The monoisotopic (exact) mass is 314 g/mol. The summed E-state index contributed by atoms with van der Waals surface area (Å²) in [5.41, 5.74) is 0.569. The van der Waals surface area contributed by atoms with Crippen molar-refractivity contribution >= 4 is 10.0 Å². The third-order valence-corrected chi connectivity index (χ3v) is 6.04. The van der Waals surface area contributed by atoms with Crippen molar-refractivity contribution in [2.24, 2.45) is 0 Å². The molecule has 1 unspecified atom stereocenters. The van der Waals surface area contributed by atoms with Crippen molar-refractivity contribution in [3.63, 3.8) is 0 Å². The minimum Gasteiger partial charge on any atom is -0.314 e. The molecule has 1 N–H and O–H groups in total. The Morgan fingerprint density at radius 1 is 1.38 bits per heavy atom. The van der Waals surface area contributed by atoms with E-state index in [0.29, 0.717) is 18.2 Å². The smallest absolute Gasteiger partial charge is 0.243 e. The van der Waals surface area contributed by atoms with Crippen LogP contribution < -0.4 is 5.32 Å². The van der Waals surface area contributed by atoms with Gasteiger partial charge in [-0.1, -0.05) is 12.5 Å². The lowest BCUT2D eigenvalue weighted by Crippen LogP contribution is -2.38. The van der Waals surface area contributed by atoms with Crippen LogP contribution in [0.2, 0.25) is 0 Å². The molecule has 21 heavy (non-hydrogen) atoms. The van der Waals surface area contributed by atoms with Crippen LogP contribution in [0.3, 0.4) is 0 Å². The van der Waals surface area contributed by atoms with Crippen molar-refractivity contribution in [1.82, 2.24) is 9.62 Å². The van der Waals surface area contributed by atoms with Gasteiger partial charge in [-0.3, -0.25) is 0 Å². The zero-order valence-corrected chi connectivity index (χ0v) is 13.4. The second kappa shape index (κ2) is 6.85. The molecule has 0 amide bonds. The molecule has 0 spiro atoms. The number of halogens is 1. The molecule has 118 valence electrons. The highest BCUT2D eigenvalue weighted by Crippen LogP contribution is 2.21. The van der Waals surface area contributed by atoms with Gasteiger partial charge in [0.1, 0.15) is 5.82 Å². The summed E-state index contributed by atoms with van der Waals surface area (Å²) in [6, 6.07) is 4.25. The maximum Gasteiger partial charge on any atom is 0.243 e. The van der Waals surface area contributed by atoms with Gasteiger partial charge in [-0.25, -0.2) is 17.1 Å². The van der Waals surface area contributed by atoms with E-state index in [1.165, 1.54) is 29.3 Å². The van der Waals surface area contributed by atoms with Gasteiger partial charge in [0.15, 0.2) is 0 Å². The Kier molecular flexibility index (Phi) is 5.35. The van der Waals surface area contributed by atoms with Crippen LogP contribution in [-0.4, -0.2) is 38.9 Å². The van der Waals surface area contributed by atoms with E-state index in [-0.39, 0.29) is 4.90 Å². The van der Waals surface area contributed by atoms with Gasteiger partial charge in [-0.15, -0.1) is 0 Å². The number of hydrogen-bond acceptors (Lipinski definition) is 3. The maximum absolute atomic E-state index is 13.3. The maximum atomic E-state index is 13.3. The fraction of sp³-hybridized carbons (Fsp3) is 0.600. The summed E-state index contributed by atoms with van der Waals surface area (Å²) in [4.78, 5) is 0.0570. The molecule has 6 heteroatoms. The van der Waals surface area contributed by atoms with E-state index in [9.17, 15) is 12.8 Å². The highest BCUT2D eigenvalue weighted by molar-refractivity contribution is 7.89. The Labute approximate surface area is 126 Å². The number of hydrogen-bond donors (Lipinski definition) is 1. The SMILES string of the molecule is Cc1ccc(F)cc1S(=O)(=O)N(C)CCC1CCCCN1. The van der Waals surface area contributed by atoms with Crippen LogP contribution in [0.15, 0.2) is 23.1 Å². The van der Waals surface area contributed by atoms with E-state index in [0.717, 1.165) is 25.5 Å². The molecule has 1 aliphatic heterocycles. The van der Waals surface area contributed by atoms with Crippen molar-refractivity contribution in [1.29, 1.82) is 0 Å². The van der Waals surface area contributed by atoms with Crippen LogP contribution in [0, 0.1) is 12.7 Å². The molecule has 1 atom stereocenters. The lowest BCUT2D eigenvalue weighted by molar-refractivity contribution is 0.351. The summed E-state index contributed by atoms with van der Waals surface area (Å²) in [6.45, 7) is 3.13. The molecule has 4 nitrogen and oxygen atoms in total. The Bertz CT molecular complexity index is 583. The van der Waals surface area contributed by atoms with Crippen LogP contribution in [0.5, 0.6) is 0 Å². The normalized spacial score (nSPS) is 19.9. The van der Waals surface area contributed by atoms with E-state index < -0.39 is 15.8 Å². The minimum absolute atomic E-state index is 0.0570. The topological polar surface area (TPSA) is 49.4 Å². The van der Waals surface area contributed by atoms with Crippen molar-refractivity contribution in [2.45, 2.75) is 43.5 Å². The van der Waals surface area contributed by atoms with E-state index in [1.54, 1.807) is 14.0 Å². The third kappa shape index (κ3) is 4.02. The fourth-order valence-electron chi connectivity index (χ4n) is 2.65. The average molecular weight is 314 g/mol. The van der Waals surface area contributed by atoms with E-state index in [1.807, 2.05) is 0 Å². The first-order chi connectivity index (χ1) is 9.91. The van der Waals surface area contributed by atoms with Gasteiger partial charge >= 0.3 is 0 Å². The minimum atomic E-state index is -3.63. The summed E-state index contributed by atoms with van der Waals surface area (Å²) in [5, 5.41) is 3.40. The highest BCUT2D eigenvalue weighted by atomic mass is 32.2. The summed E-state index contributed by atoms with van der Waals surface area (Å²) in [5.74, 6) is -0.526. The summed E-state index contributed by atoms with van der Waals surface area (Å²) >= 11 is 0. The van der Waals surface area contributed by atoms with Gasteiger partial charge in [0.2, 0.25) is 10.0 Å². The van der Waals surface area contributed by atoms with Gasteiger partial charge in [-0.2, -0.15) is 0 Å². The summed E-state index contributed by atoms with van der Waals surface area (Å²) in [7, 11) is -2.07. The Hall–Kier alpha value is -0.980. The second-order valence-electron chi connectivity index (χ2n) is 5.67. The summed E-state index contributed by atoms with van der Waals surface area (Å²) in [6.07, 6.45) is 4.25. The Morgan fingerprint density at radius 3 is 2.81 bits per heavy atom. The summed E-state index contributed by atoms with van der Waals surface area (Å²) < 4.78 is 39.7. The predicted molar refractivity (Wildman–Crippen MR) is 81.2 cm³/mol. The van der Waals surface area contributed by atoms with Crippen molar-refractivity contribution < 1.29 is 12.8 Å². The zero-order chi connectivity index (χ0) is 15.5. The molecule has 1 aromatic rings. The van der Waals surface area contributed by atoms with Gasteiger partial charge in [0.25, 0.3) is 0 Å². The molecule has 0 radical (unpaired) electrons. The third-order valence-electron chi connectivity index (χ3n) is 4.04. The molecule has 1 heterocycles. The van der Waals surface area contributed by atoms with Gasteiger partial charge in [0, 0.05) is 19.6 Å². The standard InChI is InChI=1S/C15H23FN2O2S/c1-12-6-7-13(16)11-15(12)21(19,20)18(2)10-8-14-5-3-4-9-17-14/h6-7,11,14,17H,3-5,8-10H2,1-2H3. The van der Waals surface area contributed by atoms with Gasteiger partial charge in [0.05, 0.1) is 4.90 Å². The average Bonchev–Trinajstić information content (AvgIpc) is 2.48. The van der Waals surface area contributed by atoms with Crippen LogP contribution in [0.25, 0.3) is 0 Å². The second-order valence-corrected chi connectivity index (χ2v) is 7.69. The van der Waals surface area contributed by atoms with Crippen molar-refractivity contribution in [3.05, 3.63) is 29.6 Å². The van der Waals surface area contributed by atoms with E-state index in [2.05, 4.69) is 5.32 Å². The number of sulfonamides is 1. The first kappa shape index (κ1) is 16.4. The molecule has 0 saturated carbocycles. The van der Waals surface area contributed by atoms with Crippen molar-refractivity contribution in [2.75, 3.05) is 20.1 Å². The molecular weight excluding hydrogens is 291 g/mol. The Balaban J connectivity index is 2.05. The molecule has 0 aromatic heterocycles. The lowest BCUT2D eigenvalue weighted by atomic mass is 10.0. The number of rotatable bonds is 5. The number of nitrogens with one attached hydrogen (secondary N) is 1. The highest BCUT2D eigenvalue weighted by Gasteiger charge is 2.24.